The zero-order chi connectivity index (χ0) is 17.5. The zero-order valence-corrected chi connectivity index (χ0v) is 18.4. The summed E-state index contributed by atoms with van der Waals surface area (Å²) < 4.78 is 0. The number of nitrogens with two attached hydrogens (primary N) is 1. The van der Waals surface area contributed by atoms with Gasteiger partial charge in [0.1, 0.15) is 0 Å². The van der Waals surface area contributed by atoms with E-state index in [1.165, 1.54) is 25.8 Å². The van der Waals surface area contributed by atoms with E-state index >= 15 is 0 Å². The minimum Gasteiger partial charge on any atom is -0.370 e. The molecule has 0 aromatic carbocycles. The van der Waals surface area contributed by atoms with E-state index in [9.17, 15) is 4.79 Å². The van der Waals surface area contributed by atoms with Crippen molar-refractivity contribution in [2.24, 2.45) is 16.6 Å². The normalized spacial score (nSPS) is 26.7. The van der Waals surface area contributed by atoms with E-state index in [2.05, 4.69) is 34.0 Å². The maximum absolute atomic E-state index is 11.2. The van der Waals surface area contributed by atoms with Gasteiger partial charge in [-0.2, -0.15) is 0 Å². The molecule has 1 amide bonds. The Morgan fingerprint density at radius 1 is 1.28 bits per heavy atom. The average Bonchev–Trinajstić information content (AvgIpc) is 2.55. The molecule has 3 N–H and O–H groups in total. The highest BCUT2D eigenvalue weighted by Crippen LogP contribution is 2.20. The van der Waals surface area contributed by atoms with Crippen LogP contribution in [0.15, 0.2) is 4.99 Å². The van der Waals surface area contributed by atoms with Crippen LogP contribution in [0.3, 0.4) is 0 Å². The third-order valence-corrected chi connectivity index (χ3v) is 5.50. The fraction of sp³-hybridized carbons (Fsp3) is 0.889. The average molecular weight is 465 g/mol. The molecule has 3 atom stereocenters. The first-order chi connectivity index (χ1) is 11.5. The molecule has 0 aliphatic carbocycles. The second-order valence-electron chi connectivity index (χ2n) is 7.48. The Morgan fingerprint density at radius 3 is 2.68 bits per heavy atom. The summed E-state index contributed by atoms with van der Waals surface area (Å²) in [6.45, 7) is 8.62. The van der Waals surface area contributed by atoms with Gasteiger partial charge in [0, 0.05) is 45.2 Å². The molecular weight excluding hydrogens is 429 g/mol. The van der Waals surface area contributed by atoms with Gasteiger partial charge in [0.05, 0.1) is 0 Å². The van der Waals surface area contributed by atoms with Crippen LogP contribution >= 0.6 is 24.0 Å². The van der Waals surface area contributed by atoms with Gasteiger partial charge in [-0.05, 0) is 52.0 Å². The minimum atomic E-state index is -0.197. The molecule has 0 saturated carbocycles. The molecule has 25 heavy (non-hydrogen) atoms. The van der Waals surface area contributed by atoms with Gasteiger partial charge in [0.25, 0.3) is 0 Å². The van der Waals surface area contributed by atoms with Crippen LogP contribution in [0.4, 0.5) is 0 Å². The van der Waals surface area contributed by atoms with Crippen molar-refractivity contribution in [2.45, 2.75) is 64.5 Å². The van der Waals surface area contributed by atoms with Crippen molar-refractivity contribution in [3.63, 3.8) is 0 Å². The van der Waals surface area contributed by atoms with E-state index in [4.69, 9.17) is 5.73 Å². The third kappa shape index (κ3) is 6.92. The van der Waals surface area contributed by atoms with Crippen molar-refractivity contribution in [3.05, 3.63) is 0 Å². The second kappa shape index (κ2) is 11.2. The molecule has 2 rings (SSSR count). The summed E-state index contributed by atoms with van der Waals surface area (Å²) in [6.07, 6.45) is 6.63. The highest BCUT2D eigenvalue weighted by Gasteiger charge is 2.26. The van der Waals surface area contributed by atoms with Gasteiger partial charge in [0.2, 0.25) is 5.91 Å². The molecule has 0 aromatic rings. The number of nitrogens with zero attached hydrogens (tertiary/aromatic N) is 3. The number of hydrogen-bond acceptors (Lipinski definition) is 3. The lowest BCUT2D eigenvalue weighted by atomic mass is 9.95. The molecular formula is C18H36IN5O. The van der Waals surface area contributed by atoms with Gasteiger partial charge in [-0.15, -0.1) is 24.0 Å². The molecule has 2 aliphatic heterocycles. The van der Waals surface area contributed by atoms with E-state index in [1.54, 1.807) is 0 Å². The number of guanidine groups is 1. The first kappa shape index (κ1) is 22.5. The Kier molecular flexibility index (Phi) is 10.1. The lowest BCUT2D eigenvalue weighted by Crippen LogP contribution is -2.52. The fourth-order valence-corrected chi connectivity index (χ4v) is 4.17. The summed E-state index contributed by atoms with van der Waals surface area (Å²) in [6, 6.07) is 1.18. The van der Waals surface area contributed by atoms with Crippen molar-refractivity contribution in [1.82, 2.24) is 15.1 Å². The van der Waals surface area contributed by atoms with Crippen LogP contribution in [0.25, 0.3) is 0 Å². The third-order valence-electron chi connectivity index (χ3n) is 5.50. The molecule has 2 heterocycles. The number of aliphatic imine (C=N–C) groups is 1. The minimum absolute atomic E-state index is 0. The summed E-state index contributed by atoms with van der Waals surface area (Å²) in [4.78, 5) is 20.5. The summed E-state index contributed by atoms with van der Waals surface area (Å²) >= 11 is 0. The van der Waals surface area contributed by atoms with Gasteiger partial charge in [-0.1, -0.05) is 6.42 Å². The second-order valence-corrected chi connectivity index (χ2v) is 7.48. The van der Waals surface area contributed by atoms with Gasteiger partial charge in [-0.3, -0.25) is 14.7 Å². The van der Waals surface area contributed by atoms with E-state index in [1.807, 2.05) is 7.05 Å². The Hall–Kier alpha value is -0.570. The van der Waals surface area contributed by atoms with E-state index < -0.39 is 0 Å². The van der Waals surface area contributed by atoms with Crippen LogP contribution in [0.2, 0.25) is 0 Å². The van der Waals surface area contributed by atoms with Crippen molar-refractivity contribution in [3.8, 4) is 0 Å². The molecule has 2 saturated heterocycles. The van der Waals surface area contributed by atoms with Gasteiger partial charge >= 0.3 is 0 Å². The molecule has 6 nitrogen and oxygen atoms in total. The monoisotopic (exact) mass is 465 g/mol. The van der Waals surface area contributed by atoms with Crippen LogP contribution in [0.1, 0.15) is 52.4 Å². The predicted octanol–water partition coefficient (Wildman–Crippen LogP) is 2.03. The zero-order valence-electron chi connectivity index (χ0n) is 16.0. The lowest BCUT2D eigenvalue weighted by molar-refractivity contribution is -0.119. The Morgan fingerprint density at radius 2 is 2.04 bits per heavy atom. The van der Waals surface area contributed by atoms with Gasteiger partial charge in [-0.25, -0.2) is 0 Å². The summed E-state index contributed by atoms with van der Waals surface area (Å²) in [5.74, 6) is 1.12. The lowest BCUT2D eigenvalue weighted by Gasteiger charge is -2.39. The number of primary amides is 1. The summed E-state index contributed by atoms with van der Waals surface area (Å²) in [5, 5.41) is 3.55. The molecule has 0 aromatic heterocycles. The number of piperidine rings is 2. The quantitative estimate of drug-likeness (QED) is 0.370. The Balaban J connectivity index is 0.00000312. The number of hydrogen-bond donors (Lipinski definition) is 2. The number of amides is 1. The number of rotatable bonds is 5. The SMILES string of the molecule is CN=C(NCC(C)N1CCCCC1C)N1CCCC(CC(N)=O)C1.I. The molecule has 0 radical (unpaired) electrons. The molecule has 2 fully saturated rings. The molecule has 2 aliphatic rings. The van der Waals surface area contributed by atoms with E-state index in [0.29, 0.717) is 24.4 Å². The summed E-state index contributed by atoms with van der Waals surface area (Å²) in [7, 11) is 1.84. The van der Waals surface area contributed by atoms with Crippen molar-refractivity contribution in [2.75, 3.05) is 33.2 Å². The summed E-state index contributed by atoms with van der Waals surface area (Å²) in [5.41, 5.74) is 5.36. The van der Waals surface area contributed by atoms with Crippen LogP contribution in [-0.4, -0.2) is 67.0 Å². The number of halogens is 1. The smallest absolute Gasteiger partial charge is 0.217 e. The highest BCUT2D eigenvalue weighted by atomic mass is 127. The Bertz CT molecular complexity index is 445. The van der Waals surface area contributed by atoms with Crippen molar-refractivity contribution in [1.29, 1.82) is 0 Å². The largest absolute Gasteiger partial charge is 0.370 e. The highest BCUT2D eigenvalue weighted by molar-refractivity contribution is 14.0. The number of likely N-dealkylation sites (tertiary alicyclic amines) is 2. The molecule has 146 valence electrons. The standard InChI is InChI=1S/C18H35N5O.HI/c1-14-7-4-5-10-23(14)15(2)12-21-18(20-3)22-9-6-8-16(13-22)11-17(19)24;/h14-16H,4-13H2,1-3H3,(H2,19,24)(H,20,21);1H. The maximum Gasteiger partial charge on any atom is 0.217 e. The van der Waals surface area contributed by atoms with Crippen LogP contribution in [0.5, 0.6) is 0 Å². The van der Waals surface area contributed by atoms with Crippen LogP contribution in [0, 0.1) is 5.92 Å². The van der Waals surface area contributed by atoms with Gasteiger partial charge in [0.15, 0.2) is 5.96 Å². The van der Waals surface area contributed by atoms with Crippen LogP contribution in [-0.2, 0) is 4.79 Å². The van der Waals surface area contributed by atoms with E-state index in [-0.39, 0.29) is 29.9 Å². The fourth-order valence-electron chi connectivity index (χ4n) is 4.17. The van der Waals surface area contributed by atoms with Crippen molar-refractivity contribution < 1.29 is 4.79 Å². The number of carbonyl (C=O) groups is 1. The topological polar surface area (TPSA) is 74.0 Å². The predicted molar refractivity (Wildman–Crippen MR) is 114 cm³/mol. The van der Waals surface area contributed by atoms with Crippen molar-refractivity contribution >= 4 is 35.8 Å². The van der Waals surface area contributed by atoms with Gasteiger partial charge < -0.3 is 16.0 Å². The molecule has 3 unspecified atom stereocenters. The van der Waals surface area contributed by atoms with E-state index in [0.717, 1.165) is 38.4 Å². The van der Waals surface area contributed by atoms with Crippen LogP contribution < -0.4 is 11.1 Å². The maximum atomic E-state index is 11.2. The number of carbonyl (C=O) groups excluding carboxylic acids is 1. The molecule has 7 heteroatoms. The molecule has 0 bridgehead atoms. The number of nitrogens with one attached hydrogen (secondary N) is 1. The first-order valence-corrected chi connectivity index (χ1v) is 9.51. The first-order valence-electron chi connectivity index (χ1n) is 9.51. The Labute approximate surface area is 170 Å². The molecule has 0 spiro atoms.